The normalized spacial score (nSPS) is 12.1. The molecule has 0 bridgehead atoms. The Balaban J connectivity index is 3.26. The molecule has 0 heterocycles. The molecule has 1 rings (SSSR count). The summed E-state index contributed by atoms with van der Waals surface area (Å²) in [5, 5.41) is 18.2. The van der Waals surface area contributed by atoms with E-state index in [0.717, 1.165) is 0 Å². The molecule has 1 aromatic carbocycles. The number of rotatable bonds is 5. The average molecular weight is 258 g/mol. The highest BCUT2D eigenvalue weighted by molar-refractivity contribution is 6.20. The van der Waals surface area contributed by atoms with Gasteiger partial charge in [0.15, 0.2) is 11.9 Å². The van der Waals surface area contributed by atoms with Gasteiger partial charge in [-0.3, -0.25) is 4.79 Å². The van der Waals surface area contributed by atoms with Crippen molar-refractivity contribution in [2.45, 2.75) is 12.5 Å². The van der Waals surface area contributed by atoms with Crippen molar-refractivity contribution in [2.75, 3.05) is 11.6 Å². The lowest BCUT2D eigenvalue weighted by Gasteiger charge is -2.13. The number of Topliss-reactive ketones (excluding diaryl/α,β-unsaturated/α-hetero) is 1. The summed E-state index contributed by atoms with van der Waals surface area (Å²) in [5.41, 5.74) is 5.78. The Morgan fingerprint density at radius 2 is 2.06 bits per heavy atom. The van der Waals surface area contributed by atoms with Crippen molar-refractivity contribution < 1.29 is 19.8 Å². The van der Waals surface area contributed by atoms with Crippen LogP contribution in [-0.2, 0) is 4.79 Å². The quantitative estimate of drug-likeness (QED) is 0.418. The predicted molar refractivity (Wildman–Crippen MR) is 63.1 cm³/mol. The smallest absolute Gasteiger partial charge is 0.337 e. The highest BCUT2D eigenvalue weighted by Crippen LogP contribution is 2.25. The van der Waals surface area contributed by atoms with Crippen LogP contribution in [0.5, 0.6) is 0 Å². The molecule has 0 spiro atoms. The van der Waals surface area contributed by atoms with Crippen molar-refractivity contribution in [3.63, 3.8) is 0 Å². The molecule has 4 N–H and O–H groups in total. The van der Waals surface area contributed by atoms with Gasteiger partial charge in [0.05, 0.1) is 0 Å². The fraction of sp³-hybridized carbons (Fsp3) is 0.273. The molecule has 0 aliphatic rings. The van der Waals surface area contributed by atoms with Gasteiger partial charge in [-0.05, 0) is 6.07 Å². The Labute approximate surface area is 103 Å². The lowest BCUT2D eigenvalue weighted by atomic mass is 9.96. The molecule has 0 aliphatic heterocycles. The number of halogens is 1. The number of carbonyl (C=O) groups excluding carboxylic acids is 1. The summed E-state index contributed by atoms with van der Waals surface area (Å²) in [5.74, 6) is -1.71. The molecule has 92 valence electrons. The van der Waals surface area contributed by atoms with Crippen LogP contribution in [0, 0.1) is 0 Å². The first-order valence-corrected chi connectivity index (χ1v) is 5.41. The number of anilines is 1. The van der Waals surface area contributed by atoms with E-state index >= 15 is 0 Å². The number of benzene rings is 1. The predicted octanol–water partition coefficient (Wildman–Crippen LogP) is 1.20. The van der Waals surface area contributed by atoms with Crippen molar-refractivity contribution >= 4 is 29.0 Å². The summed E-state index contributed by atoms with van der Waals surface area (Å²) in [6.07, 6.45) is -1.73. The van der Waals surface area contributed by atoms with E-state index in [1.54, 1.807) is 0 Å². The zero-order valence-corrected chi connectivity index (χ0v) is 9.65. The van der Waals surface area contributed by atoms with Crippen molar-refractivity contribution in [3.05, 3.63) is 29.3 Å². The molecule has 0 saturated heterocycles. The van der Waals surface area contributed by atoms with E-state index in [4.69, 9.17) is 22.4 Å². The topological polar surface area (TPSA) is 101 Å². The van der Waals surface area contributed by atoms with E-state index < -0.39 is 12.1 Å². The number of hydrogen-bond acceptors (Lipinski definition) is 4. The van der Waals surface area contributed by atoms with Crippen LogP contribution in [0.3, 0.4) is 0 Å². The Hall–Kier alpha value is -1.59. The minimum Gasteiger partial charge on any atom is -0.479 e. The third-order valence-corrected chi connectivity index (χ3v) is 2.45. The first-order valence-electron chi connectivity index (χ1n) is 4.87. The molecule has 0 radical (unpaired) electrons. The summed E-state index contributed by atoms with van der Waals surface area (Å²) in [4.78, 5) is 22.5. The number of aliphatic carboxylic acids is 1. The zero-order chi connectivity index (χ0) is 13.0. The fourth-order valence-electron chi connectivity index (χ4n) is 1.48. The Bertz CT molecular complexity index is 447. The van der Waals surface area contributed by atoms with Crippen LogP contribution in [0.15, 0.2) is 18.2 Å². The summed E-state index contributed by atoms with van der Waals surface area (Å²) in [7, 11) is 0. The molecule has 1 aromatic rings. The maximum absolute atomic E-state index is 11.7. The molecule has 0 saturated carbocycles. The molecule has 1 unspecified atom stereocenters. The van der Waals surface area contributed by atoms with Crippen molar-refractivity contribution in [3.8, 4) is 0 Å². The molecular formula is C11H12ClNO4. The zero-order valence-electron chi connectivity index (χ0n) is 8.89. The summed E-state index contributed by atoms with van der Waals surface area (Å²) in [6, 6.07) is 4.31. The average Bonchev–Trinajstić information content (AvgIpc) is 2.27. The minimum atomic E-state index is -1.77. The van der Waals surface area contributed by atoms with Crippen molar-refractivity contribution in [2.24, 2.45) is 0 Å². The Kier molecular flexibility index (Phi) is 4.48. The first-order chi connectivity index (χ1) is 7.99. The second kappa shape index (κ2) is 5.65. The highest BCUT2D eigenvalue weighted by atomic mass is 35.5. The highest BCUT2D eigenvalue weighted by Gasteiger charge is 2.24. The van der Waals surface area contributed by atoms with Crippen LogP contribution in [0.25, 0.3) is 0 Å². The van der Waals surface area contributed by atoms with Crippen LogP contribution in [-0.4, -0.2) is 27.8 Å². The SMILES string of the molecule is Nc1cccc(C(O)C(=O)O)c1C(=O)CCCl. The standard InChI is InChI=1S/C11H12ClNO4/c12-5-4-8(14)9-6(10(15)11(16)17)2-1-3-7(9)13/h1-3,10,15H,4-5,13H2,(H,16,17). The van der Waals surface area contributed by atoms with Crippen molar-refractivity contribution in [1.29, 1.82) is 0 Å². The van der Waals surface area contributed by atoms with Gasteiger partial charge >= 0.3 is 5.97 Å². The Morgan fingerprint density at radius 1 is 1.41 bits per heavy atom. The molecule has 5 nitrogen and oxygen atoms in total. The van der Waals surface area contributed by atoms with Gasteiger partial charge in [0, 0.05) is 29.1 Å². The number of nitrogen functional groups attached to an aromatic ring is 1. The molecule has 1 atom stereocenters. The summed E-state index contributed by atoms with van der Waals surface area (Å²) < 4.78 is 0. The third-order valence-electron chi connectivity index (χ3n) is 2.26. The van der Waals surface area contributed by atoms with E-state index in [0.29, 0.717) is 0 Å². The Morgan fingerprint density at radius 3 is 2.59 bits per heavy atom. The first kappa shape index (κ1) is 13.5. The van der Waals surface area contributed by atoms with Crippen LogP contribution in [0.2, 0.25) is 0 Å². The lowest BCUT2D eigenvalue weighted by Crippen LogP contribution is -2.16. The molecule has 0 fully saturated rings. The maximum Gasteiger partial charge on any atom is 0.337 e. The number of aliphatic hydroxyl groups is 1. The molecule has 6 heteroatoms. The van der Waals surface area contributed by atoms with Gasteiger partial charge < -0.3 is 15.9 Å². The molecule has 0 aliphatic carbocycles. The van der Waals surface area contributed by atoms with Gasteiger partial charge in [0.25, 0.3) is 0 Å². The molecule has 0 amide bonds. The van der Waals surface area contributed by atoms with E-state index in [-0.39, 0.29) is 34.9 Å². The van der Waals surface area contributed by atoms with Gasteiger partial charge in [0.2, 0.25) is 0 Å². The minimum absolute atomic E-state index is 0.00684. The molecule has 0 aromatic heterocycles. The maximum atomic E-state index is 11.7. The monoisotopic (exact) mass is 257 g/mol. The summed E-state index contributed by atoms with van der Waals surface area (Å²) >= 11 is 5.45. The number of nitrogens with two attached hydrogens (primary N) is 1. The van der Waals surface area contributed by atoms with E-state index in [1.807, 2.05) is 0 Å². The molecular weight excluding hydrogens is 246 g/mol. The van der Waals surface area contributed by atoms with Crippen molar-refractivity contribution in [1.82, 2.24) is 0 Å². The van der Waals surface area contributed by atoms with Gasteiger partial charge in [-0.25, -0.2) is 4.79 Å². The number of carboxylic acids is 1. The third kappa shape index (κ3) is 2.95. The van der Waals surface area contributed by atoms with Crippen LogP contribution in [0.4, 0.5) is 5.69 Å². The number of hydrogen-bond donors (Lipinski definition) is 3. The fourth-order valence-corrected chi connectivity index (χ4v) is 1.65. The van der Waals surface area contributed by atoms with Gasteiger partial charge in [-0.2, -0.15) is 0 Å². The van der Waals surface area contributed by atoms with Crippen LogP contribution in [0.1, 0.15) is 28.4 Å². The largest absolute Gasteiger partial charge is 0.479 e. The number of carbonyl (C=O) groups is 2. The number of alkyl halides is 1. The van der Waals surface area contributed by atoms with Crippen LogP contribution >= 0.6 is 11.6 Å². The van der Waals surface area contributed by atoms with E-state index in [2.05, 4.69) is 0 Å². The number of aliphatic hydroxyl groups excluding tert-OH is 1. The summed E-state index contributed by atoms with van der Waals surface area (Å²) in [6.45, 7) is 0. The van der Waals surface area contributed by atoms with E-state index in [1.165, 1.54) is 18.2 Å². The van der Waals surface area contributed by atoms with Crippen LogP contribution < -0.4 is 5.73 Å². The van der Waals surface area contributed by atoms with E-state index in [9.17, 15) is 14.7 Å². The van der Waals surface area contributed by atoms with Gasteiger partial charge in [-0.15, -0.1) is 11.6 Å². The second-order valence-electron chi connectivity index (χ2n) is 3.41. The van der Waals surface area contributed by atoms with Gasteiger partial charge in [0.1, 0.15) is 0 Å². The molecule has 17 heavy (non-hydrogen) atoms. The van der Waals surface area contributed by atoms with Gasteiger partial charge in [-0.1, -0.05) is 12.1 Å². The number of carboxylic acid groups (broad SMARTS) is 1. The lowest BCUT2D eigenvalue weighted by molar-refractivity contribution is -0.146. The number of ketones is 1. The second-order valence-corrected chi connectivity index (χ2v) is 3.79.